The van der Waals surface area contributed by atoms with Crippen LogP contribution in [0.4, 0.5) is 0 Å². The molecule has 11 heavy (non-hydrogen) atoms. The molecule has 0 spiro atoms. The molecule has 0 bridgehead atoms. The van der Waals surface area contributed by atoms with Crippen molar-refractivity contribution in [2.24, 2.45) is 0 Å². The number of rotatable bonds is 3. The fourth-order valence-electron chi connectivity index (χ4n) is 0.735. The van der Waals surface area contributed by atoms with Crippen molar-refractivity contribution in [3.8, 4) is 5.75 Å². The number of methoxy groups -OCH3 is 1. The van der Waals surface area contributed by atoms with Crippen LogP contribution in [0.1, 0.15) is 0 Å². The van der Waals surface area contributed by atoms with Crippen molar-refractivity contribution in [2.75, 3.05) is 11.9 Å². The van der Waals surface area contributed by atoms with Gasteiger partial charge in [-0.3, -0.25) is 0 Å². The van der Waals surface area contributed by atoms with Crippen LogP contribution in [0.15, 0.2) is 24.3 Å². The standard InChI is InChI=1S/C8H9ClOSe/c1-10-7-2-4-8(5-3-7)11-6-9/h2-5H,6H2,1H3. The predicted molar refractivity (Wildman–Crippen MR) is 49.1 cm³/mol. The molecule has 3 heteroatoms. The van der Waals surface area contributed by atoms with Crippen LogP contribution in [0.5, 0.6) is 5.75 Å². The van der Waals surface area contributed by atoms with Crippen molar-refractivity contribution in [2.45, 2.75) is 0 Å². The first-order valence-corrected chi connectivity index (χ1v) is 5.80. The van der Waals surface area contributed by atoms with E-state index in [1.54, 1.807) is 7.11 Å². The van der Waals surface area contributed by atoms with Crippen molar-refractivity contribution in [3.05, 3.63) is 24.3 Å². The maximum absolute atomic E-state index is 5.61. The van der Waals surface area contributed by atoms with E-state index in [2.05, 4.69) is 12.1 Å². The summed E-state index contributed by atoms with van der Waals surface area (Å²) in [5, 5.41) is 0. The summed E-state index contributed by atoms with van der Waals surface area (Å²) in [4.78, 5) is 0. The molecule has 0 N–H and O–H groups in total. The Labute approximate surface area is 77.9 Å². The zero-order valence-corrected chi connectivity index (χ0v) is 8.68. The molecule has 1 rings (SSSR count). The van der Waals surface area contributed by atoms with E-state index in [1.807, 2.05) is 12.1 Å². The van der Waals surface area contributed by atoms with Gasteiger partial charge in [-0.05, 0) is 0 Å². The Bertz CT molecular complexity index is 210. The second kappa shape index (κ2) is 4.66. The minimum absolute atomic E-state index is 0.411. The van der Waals surface area contributed by atoms with Gasteiger partial charge >= 0.3 is 77.7 Å². The van der Waals surface area contributed by atoms with Gasteiger partial charge in [0, 0.05) is 0 Å². The molecule has 0 fully saturated rings. The van der Waals surface area contributed by atoms with Crippen LogP contribution >= 0.6 is 11.6 Å². The number of hydrogen-bond donors (Lipinski definition) is 0. The van der Waals surface area contributed by atoms with E-state index in [9.17, 15) is 0 Å². The first kappa shape index (κ1) is 8.92. The molecule has 0 heterocycles. The molecule has 0 aliphatic rings. The normalized spacial score (nSPS) is 9.64. The third-order valence-corrected chi connectivity index (χ3v) is 3.35. The molecule has 0 aromatic heterocycles. The van der Waals surface area contributed by atoms with Crippen molar-refractivity contribution in [1.29, 1.82) is 0 Å². The summed E-state index contributed by atoms with van der Waals surface area (Å²) in [5.74, 6) is 0.902. The SMILES string of the molecule is COc1ccc([Se]CCl)cc1. The number of benzene rings is 1. The molecule has 1 aromatic rings. The Balaban J connectivity index is 2.66. The summed E-state index contributed by atoms with van der Waals surface area (Å²) in [5.41, 5.74) is 0. The molecule has 0 unspecified atom stereocenters. The zero-order valence-electron chi connectivity index (χ0n) is 6.21. The molecule has 0 aliphatic heterocycles. The van der Waals surface area contributed by atoms with Gasteiger partial charge in [-0.1, -0.05) is 0 Å². The third-order valence-electron chi connectivity index (χ3n) is 1.28. The molecular formula is C8H9ClOSe. The molecule has 60 valence electrons. The number of ether oxygens (including phenoxy) is 1. The van der Waals surface area contributed by atoms with Crippen LogP contribution in [0.25, 0.3) is 0 Å². The molecule has 0 atom stereocenters. The second-order valence-electron chi connectivity index (χ2n) is 1.93. The van der Waals surface area contributed by atoms with E-state index < -0.39 is 0 Å². The maximum atomic E-state index is 5.61. The summed E-state index contributed by atoms with van der Waals surface area (Å²) in [6.07, 6.45) is 0. The van der Waals surface area contributed by atoms with Gasteiger partial charge < -0.3 is 0 Å². The summed E-state index contributed by atoms with van der Waals surface area (Å²) in [6, 6.07) is 8.04. The van der Waals surface area contributed by atoms with E-state index in [4.69, 9.17) is 16.3 Å². The monoisotopic (exact) mass is 236 g/mol. The number of alkyl halides is 1. The molecular weight excluding hydrogens is 226 g/mol. The number of halogens is 1. The van der Waals surface area contributed by atoms with Crippen molar-refractivity contribution >= 4 is 31.0 Å². The van der Waals surface area contributed by atoms with Crippen molar-refractivity contribution in [3.63, 3.8) is 0 Å². The molecule has 0 radical (unpaired) electrons. The second-order valence-corrected chi connectivity index (χ2v) is 5.12. The van der Waals surface area contributed by atoms with Crippen LogP contribution in [-0.4, -0.2) is 26.8 Å². The topological polar surface area (TPSA) is 9.23 Å². The van der Waals surface area contributed by atoms with Gasteiger partial charge in [0.05, 0.1) is 0 Å². The fourth-order valence-corrected chi connectivity index (χ4v) is 2.34. The molecule has 1 nitrogen and oxygen atoms in total. The van der Waals surface area contributed by atoms with Crippen LogP contribution in [0.3, 0.4) is 0 Å². The van der Waals surface area contributed by atoms with E-state index in [0.717, 1.165) is 10.5 Å². The van der Waals surface area contributed by atoms with Gasteiger partial charge in [0.15, 0.2) is 0 Å². The first-order chi connectivity index (χ1) is 5.36. The molecule has 0 aliphatic carbocycles. The van der Waals surface area contributed by atoms with Gasteiger partial charge in [-0.15, -0.1) is 0 Å². The summed E-state index contributed by atoms with van der Waals surface area (Å²) in [7, 11) is 1.67. The average Bonchev–Trinajstić information content (AvgIpc) is 2.07. The summed E-state index contributed by atoms with van der Waals surface area (Å²) < 4.78 is 7.07. The Hall–Kier alpha value is -0.171. The zero-order chi connectivity index (χ0) is 8.10. The van der Waals surface area contributed by atoms with Crippen LogP contribution < -0.4 is 9.20 Å². The molecule has 0 amide bonds. The number of hydrogen-bond acceptors (Lipinski definition) is 1. The van der Waals surface area contributed by atoms with Gasteiger partial charge in [-0.25, -0.2) is 0 Å². The Morgan fingerprint density at radius 1 is 1.36 bits per heavy atom. The molecule has 0 saturated carbocycles. The average molecular weight is 236 g/mol. The summed E-state index contributed by atoms with van der Waals surface area (Å²) >= 11 is 6.02. The fraction of sp³-hybridized carbons (Fsp3) is 0.250. The van der Waals surface area contributed by atoms with Gasteiger partial charge in [0.1, 0.15) is 0 Å². The summed E-state index contributed by atoms with van der Waals surface area (Å²) in [6.45, 7) is 0. The predicted octanol–water partition coefficient (Wildman–Crippen LogP) is 1.22. The van der Waals surface area contributed by atoms with Crippen molar-refractivity contribution in [1.82, 2.24) is 0 Å². The van der Waals surface area contributed by atoms with E-state index >= 15 is 0 Å². The van der Waals surface area contributed by atoms with Crippen LogP contribution in [-0.2, 0) is 0 Å². The third kappa shape index (κ3) is 2.74. The van der Waals surface area contributed by atoms with E-state index in [1.165, 1.54) is 4.46 Å². The van der Waals surface area contributed by atoms with Crippen LogP contribution in [0, 0.1) is 0 Å². The van der Waals surface area contributed by atoms with Gasteiger partial charge in [0.2, 0.25) is 0 Å². The quantitative estimate of drug-likeness (QED) is 0.566. The van der Waals surface area contributed by atoms with E-state index in [-0.39, 0.29) is 0 Å². The van der Waals surface area contributed by atoms with Gasteiger partial charge in [0.25, 0.3) is 0 Å². The van der Waals surface area contributed by atoms with Crippen molar-refractivity contribution < 1.29 is 4.74 Å². The Morgan fingerprint density at radius 2 is 2.00 bits per heavy atom. The van der Waals surface area contributed by atoms with Gasteiger partial charge in [-0.2, -0.15) is 0 Å². The molecule has 1 aromatic carbocycles. The van der Waals surface area contributed by atoms with E-state index in [0.29, 0.717) is 15.0 Å². The minimum atomic E-state index is 0.411. The Kier molecular flexibility index (Phi) is 3.78. The first-order valence-electron chi connectivity index (χ1n) is 3.19. The van der Waals surface area contributed by atoms with Crippen LogP contribution in [0.2, 0.25) is 0 Å². The molecule has 0 saturated heterocycles. The Morgan fingerprint density at radius 3 is 2.45 bits per heavy atom.